The molecule has 3 aliphatic heterocycles. The van der Waals surface area contributed by atoms with Gasteiger partial charge >= 0.3 is 0 Å². The van der Waals surface area contributed by atoms with Gasteiger partial charge in [-0.25, -0.2) is 4.68 Å². The van der Waals surface area contributed by atoms with Crippen molar-refractivity contribution in [2.45, 2.75) is 44.0 Å². The van der Waals surface area contributed by atoms with Gasteiger partial charge in [0.15, 0.2) is 0 Å². The molecule has 3 atom stereocenters. The number of fused-ring (bicyclic) bond motifs is 3. The van der Waals surface area contributed by atoms with Crippen molar-refractivity contribution in [2.75, 3.05) is 31.6 Å². The fraction of sp³-hybridized carbons (Fsp3) is 0.733. The summed E-state index contributed by atoms with van der Waals surface area (Å²) in [5, 5.41) is 4.66. The number of carbonyl (C=O) groups is 1. The largest absolute Gasteiger partial charge is 0.375 e. The van der Waals surface area contributed by atoms with Crippen LogP contribution in [0.25, 0.3) is 0 Å². The monoisotopic (exact) mass is 341 g/mol. The number of ether oxygens (including phenoxy) is 1. The Labute approximate surface area is 142 Å². The Balaban J connectivity index is 0.00000156. The lowest BCUT2D eigenvalue weighted by Crippen LogP contribution is -2.40. The van der Waals surface area contributed by atoms with Gasteiger partial charge < -0.3 is 10.5 Å². The van der Waals surface area contributed by atoms with Gasteiger partial charge in [-0.3, -0.25) is 14.6 Å². The van der Waals surface area contributed by atoms with E-state index in [2.05, 4.69) is 10.00 Å². The molecule has 1 aromatic heterocycles. The number of anilines is 1. The second-order valence-corrected chi connectivity index (χ2v) is 6.60. The molecule has 0 spiro atoms. The maximum absolute atomic E-state index is 12.1. The van der Waals surface area contributed by atoms with E-state index in [1.165, 1.54) is 6.42 Å². The third-order valence-corrected chi connectivity index (χ3v) is 5.12. The molecule has 2 N–H and O–H groups in total. The van der Waals surface area contributed by atoms with Crippen molar-refractivity contribution in [3.8, 4) is 0 Å². The summed E-state index contributed by atoms with van der Waals surface area (Å²) in [6, 6.07) is 2.20. The zero-order chi connectivity index (χ0) is 15.3. The lowest BCUT2D eigenvalue weighted by Gasteiger charge is -2.26. The SMILES string of the molecule is CN1C(=O)C(N)CCn2nc(CCN3CC4CC3CO4)cc21.Cl. The van der Waals surface area contributed by atoms with Crippen LogP contribution in [-0.4, -0.2) is 65.5 Å². The molecule has 4 rings (SSSR count). The van der Waals surface area contributed by atoms with Crippen molar-refractivity contribution in [3.63, 3.8) is 0 Å². The van der Waals surface area contributed by atoms with Crippen LogP contribution in [0, 0.1) is 0 Å². The second-order valence-electron chi connectivity index (χ2n) is 6.60. The molecule has 0 aliphatic carbocycles. The molecule has 3 unspecified atom stereocenters. The number of aryl methyl sites for hydroxylation is 1. The van der Waals surface area contributed by atoms with E-state index in [0.717, 1.165) is 37.6 Å². The van der Waals surface area contributed by atoms with Crippen LogP contribution in [0.3, 0.4) is 0 Å². The molecular weight excluding hydrogens is 318 g/mol. The summed E-state index contributed by atoms with van der Waals surface area (Å²) in [6.45, 7) is 3.64. The maximum Gasteiger partial charge on any atom is 0.244 e. The molecule has 4 heterocycles. The highest BCUT2D eigenvalue weighted by Crippen LogP contribution is 2.28. The smallest absolute Gasteiger partial charge is 0.244 e. The summed E-state index contributed by atoms with van der Waals surface area (Å²) in [4.78, 5) is 16.3. The fourth-order valence-electron chi connectivity index (χ4n) is 3.77. The molecule has 2 saturated heterocycles. The number of rotatable bonds is 3. The Morgan fingerprint density at radius 2 is 2.30 bits per heavy atom. The van der Waals surface area contributed by atoms with Gasteiger partial charge in [-0.1, -0.05) is 0 Å². The van der Waals surface area contributed by atoms with Crippen LogP contribution in [0.1, 0.15) is 18.5 Å². The van der Waals surface area contributed by atoms with E-state index < -0.39 is 6.04 Å². The molecule has 0 saturated carbocycles. The van der Waals surface area contributed by atoms with E-state index in [1.807, 2.05) is 10.7 Å². The standard InChI is InChI=1S/C15H23N5O2.ClH/c1-18-14-6-10(17-20(14)5-3-13(16)15(18)21)2-4-19-8-12-7-11(19)9-22-12;/h6,11-13H,2-5,7-9,16H2,1H3;1H. The first kappa shape index (κ1) is 16.7. The van der Waals surface area contributed by atoms with Crippen molar-refractivity contribution in [1.29, 1.82) is 0 Å². The van der Waals surface area contributed by atoms with E-state index >= 15 is 0 Å². The molecule has 2 fully saturated rings. The summed E-state index contributed by atoms with van der Waals surface area (Å²) < 4.78 is 7.55. The van der Waals surface area contributed by atoms with Crippen LogP contribution in [0.4, 0.5) is 5.82 Å². The molecule has 8 heteroatoms. The quantitative estimate of drug-likeness (QED) is 0.838. The Hall–Kier alpha value is -1.15. The van der Waals surface area contributed by atoms with E-state index in [-0.39, 0.29) is 18.3 Å². The van der Waals surface area contributed by atoms with Crippen molar-refractivity contribution in [3.05, 3.63) is 11.8 Å². The molecular formula is C15H24ClN5O2. The number of likely N-dealkylation sites (tertiary alicyclic amines) is 1. The van der Waals surface area contributed by atoms with Crippen LogP contribution >= 0.6 is 12.4 Å². The van der Waals surface area contributed by atoms with Crippen molar-refractivity contribution < 1.29 is 9.53 Å². The average molecular weight is 342 g/mol. The Morgan fingerprint density at radius 1 is 1.48 bits per heavy atom. The number of nitrogens with two attached hydrogens (primary N) is 1. The van der Waals surface area contributed by atoms with Crippen molar-refractivity contribution >= 4 is 24.1 Å². The van der Waals surface area contributed by atoms with Gasteiger partial charge in [-0.15, -0.1) is 12.4 Å². The van der Waals surface area contributed by atoms with Gasteiger partial charge in [0.05, 0.1) is 24.4 Å². The zero-order valence-corrected chi connectivity index (χ0v) is 14.2. The number of morpholine rings is 1. The first-order chi connectivity index (χ1) is 10.6. The molecule has 128 valence electrons. The number of amides is 1. The highest BCUT2D eigenvalue weighted by Gasteiger charge is 2.38. The summed E-state index contributed by atoms with van der Waals surface area (Å²) in [6.07, 6.45) is 3.17. The number of nitrogens with zero attached hydrogens (tertiary/aromatic N) is 4. The van der Waals surface area contributed by atoms with Crippen LogP contribution in [0.15, 0.2) is 6.07 Å². The number of hydrogen-bond acceptors (Lipinski definition) is 5. The molecule has 0 aromatic carbocycles. The maximum atomic E-state index is 12.1. The average Bonchev–Trinajstić information content (AvgIpc) is 3.22. The van der Waals surface area contributed by atoms with Crippen LogP contribution in [0.5, 0.6) is 0 Å². The molecule has 2 bridgehead atoms. The molecule has 1 aromatic rings. The molecule has 3 aliphatic rings. The second kappa shape index (κ2) is 6.39. The number of hydrogen-bond donors (Lipinski definition) is 1. The minimum absolute atomic E-state index is 0. The number of halogens is 1. The lowest BCUT2D eigenvalue weighted by atomic mass is 10.2. The third kappa shape index (κ3) is 2.98. The number of aromatic nitrogens is 2. The van der Waals surface area contributed by atoms with Crippen molar-refractivity contribution in [2.24, 2.45) is 5.73 Å². The molecule has 7 nitrogen and oxygen atoms in total. The van der Waals surface area contributed by atoms with Gasteiger partial charge in [0.2, 0.25) is 5.91 Å². The van der Waals surface area contributed by atoms with Crippen LogP contribution in [-0.2, 0) is 22.5 Å². The van der Waals surface area contributed by atoms with E-state index in [4.69, 9.17) is 10.5 Å². The Kier molecular flexibility index (Phi) is 4.64. The minimum atomic E-state index is -0.421. The Bertz CT molecular complexity index is 592. The van der Waals surface area contributed by atoms with E-state index in [0.29, 0.717) is 25.1 Å². The zero-order valence-electron chi connectivity index (χ0n) is 13.4. The van der Waals surface area contributed by atoms with Gasteiger partial charge in [0, 0.05) is 45.2 Å². The minimum Gasteiger partial charge on any atom is -0.375 e. The topological polar surface area (TPSA) is 76.6 Å². The Morgan fingerprint density at radius 3 is 3.00 bits per heavy atom. The summed E-state index contributed by atoms with van der Waals surface area (Å²) >= 11 is 0. The van der Waals surface area contributed by atoms with Gasteiger partial charge in [-0.2, -0.15) is 5.10 Å². The third-order valence-electron chi connectivity index (χ3n) is 5.12. The summed E-state index contributed by atoms with van der Waals surface area (Å²) in [5.41, 5.74) is 6.92. The van der Waals surface area contributed by atoms with E-state index in [1.54, 1.807) is 11.9 Å². The highest BCUT2D eigenvalue weighted by atomic mass is 35.5. The first-order valence-electron chi connectivity index (χ1n) is 8.07. The predicted octanol–water partition coefficient (Wildman–Crippen LogP) is 0.0143. The molecule has 23 heavy (non-hydrogen) atoms. The van der Waals surface area contributed by atoms with Crippen molar-refractivity contribution in [1.82, 2.24) is 14.7 Å². The van der Waals surface area contributed by atoms with Gasteiger partial charge in [-0.05, 0) is 12.8 Å². The van der Waals surface area contributed by atoms with Crippen LogP contribution in [0.2, 0.25) is 0 Å². The van der Waals surface area contributed by atoms with Gasteiger partial charge in [0.25, 0.3) is 0 Å². The molecule has 1 amide bonds. The first-order valence-corrected chi connectivity index (χ1v) is 8.07. The van der Waals surface area contributed by atoms with Gasteiger partial charge in [0.1, 0.15) is 5.82 Å². The van der Waals surface area contributed by atoms with Crippen LogP contribution < -0.4 is 10.6 Å². The normalized spacial score (nSPS) is 30.3. The van der Waals surface area contributed by atoms with E-state index in [9.17, 15) is 4.79 Å². The highest BCUT2D eigenvalue weighted by molar-refractivity contribution is 5.96. The summed E-state index contributed by atoms with van der Waals surface area (Å²) in [5.74, 6) is 0.832. The lowest BCUT2D eigenvalue weighted by molar-refractivity contribution is -0.119. The fourth-order valence-corrected chi connectivity index (χ4v) is 3.77. The number of carbonyl (C=O) groups excluding carboxylic acids is 1. The number of likely N-dealkylation sites (N-methyl/N-ethyl adjacent to an activating group) is 1. The summed E-state index contributed by atoms with van der Waals surface area (Å²) in [7, 11) is 1.78. The predicted molar refractivity (Wildman–Crippen MR) is 88.9 cm³/mol. The molecule has 0 radical (unpaired) electrons.